The van der Waals surface area contributed by atoms with Crippen LogP contribution in [0.3, 0.4) is 0 Å². The molecule has 0 aliphatic rings. The van der Waals surface area contributed by atoms with E-state index in [1.165, 1.54) is 0 Å². The van der Waals surface area contributed by atoms with Gasteiger partial charge in [0.05, 0.1) is 0 Å². The van der Waals surface area contributed by atoms with Crippen molar-refractivity contribution < 1.29 is 57.0 Å². The summed E-state index contributed by atoms with van der Waals surface area (Å²) in [6.07, 6.45) is -11.6. The molecule has 1 atom stereocenters. The van der Waals surface area contributed by atoms with Gasteiger partial charge in [0.2, 0.25) is 0 Å². The van der Waals surface area contributed by atoms with E-state index < -0.39 is 29.8 Å². The molecule has 1 radical (unpaired) electrons. The van der Waals surface area contributed by atoms with Crippen LogP contribution in [-0.2, 0) is 20.4 Å². The Hall–Kier alpha value is -0.228. The third-order valence-corrected chi connectivity index (χ3v) is 1.27. The second-order valence-corrected chi connectivity index (χ2v) is 3.68. The summed E-state index contributed by atoms with van der Waals surface area (Å²) < 4.78 is 69.9. The van der Waals surface area contributed by atoms with Gasteiger partial charge in [0.15, 0.2) is 5.76 Å². The third kappa shape index (κ3) is 11.3. The molecule has 0 bridgehead atoms. The van der Waals surface area contributed by atoms with E-state index in [2.05, 4.69) is 13.5 Å². The smallest absolute Gasteiger partial charge is 0.448 e. The first-order chi connectivity index (χ1) is 7.61. The first-order valence-electron chi connectivity index (χ1n) is 4.04. The van der Waals surface area contributed by atoms with Crippen LogP contribution in [0, 0.1) is 6.92 Å². The van der Waals surface area contributed by atoms with Gasteiger partial charge in [0, 0.05) is 31.1 Å². The van der Waals surface area contributed by atoms with Crippen LogP contribution >= 0.6 is 11.6 Å². The van der Waals surface area contributed by atoms with Crippen molar-refractivity contribution in [3.05, 3.63) is 30.4 Å². The van der Waals surface area contributed by atoms with Crippen molar-refractivity contribution in [2.45, 2.75) is 24.9 Å². The van der Waals surface area contributed by atoms with E-state index in [0.29, 0.717) is 5.03 Å². The average Bonchev–Trinajstić information content (AvgIpc) is 1.97. The molecular formula is C9H9ClF6O2Pd-. The zero-order valence-corrected chi connectivity index (χ0v) is 11.6. The first kappa shape index (κ1) is 23.8. The molecule has 0 aliphatic heterocycles. The Morgan fingerprint density at radius 1 is 1.21 bits per heavy atom. The fourth-order valence-electron chi connectivity index (χ4n) is 0.425. The van der Waals surface area contributed by atoms with Crippen LogP contribution in [0.1, 0.15) is 6.92 Å². The predicted octanol–water partition coefficient (Wildman–Crippen LogP) is 3.24. The van der Waals surface area contributed by atoms with Crippen molar-refractivity contribution >= 4 is 11.6 Å². The Morgan fingerprint density at radius 2 is 1.47 bits per heavy atom. The molecular weight excluding hydrogens is 396 g/mol. The fourth-order valence-corrected chi connectivity index (χ4v) is 0.425. The van der Waals surface area contributed by atoms with Crippen molar-refractivity contribution in [2.24, 2.45) is 0 Å². The second kappa shape index (κ2) is 8.15. The standard InChI is InChI=1S/C6H5F6O2.C3H4Cl.Pd/c1-4(14,6(10,11)12)2-3(13)5(7,8)9;1-3(2)4;/h2,13H,1H3;1-2H2;/q-1;;/b3-2-;;. The molecule has 1 N–H and O–H groups in total. The van der Waals surface area contributed by atoms with Crippen molar-refractivity contribution in [3.8, 4) is 0 Å². The summed E-state index contributed by atoms with van der Waals surface area (Å²) in [4.78, 5) is 0. The van der Waals surface area contributed by atoms with Gasteiger partial charge in [-0.2, -0.15) is 26.3 Å². The van der Waals surface area contributed by atoms with Crippen molar-refractivity contribution in [3.63, 3.8) is 0 Å². The minimum atomic E-state index is -5.40. The molecule has 0 saturated carbocycles. The van der Waals surface area contributed by atoms with Crippen LogP contribution in [-0.4, -0.2) is 23.1 Å². The molecule has 0 saturated heterocycles. The molecule has 0 aromatic heterocycles. The van der Waals surface area contributed by atoms with Gasteiger partial charge in [0.25, 0.3) is 0 Å². The van der Waals surface area contributed by atoms with Gasteiger partial charge in [-0.25, -0.2) is 0 Å². The molecule has 117 valence electrons. The average molecular weight is 405 g/mol. The Balaban J connectivity index is -0.000000448. The maximum absolute atomic E-state index is 11.7. The van der Waals surface area contributed by atoms with Crippen LogP contribution in [0.25, 0.3) is 0 Å². The van der Waals surface area contributed by atoms with Crippen LogP contribution in [0.4, 0.5) is 26.3 Å². The topological polar surface area (TPSA) is 43.3 Å². The van der Waals surface area contributed by atoms with E-state index in [4.69, 9.17) is 16.7 Å². The Labute approximate surface area is 124 Å². The van der Waals surface area contributed by atoms with Crippen molar-refractivity contribution in [1.82, 2.24) is 0 Å². The van der Waals surface area contributed by atoms with E-state index >= 15 is 0 Å². The molecule has 0 fully saturated rings. The Morgan fingerprint density at radius 3 is 1.63 bits per heavy atom. The number of rotatable bonds is 1. The third-order valence-electron chi connectivity index (χ3n) is 1.27. The largest absolute Gasteiger partial charge is 0.840 e. The molecule has 0 heterocycles. The van der Waals surface area contributed by atoms with Gasteiger partial charge >= 0.3 is 12.4 Å². The summed E-state index contributed by atoms with van der Waals surface area (Å²) in [6.45, 7) is 6.40. The van der Waals surface area contributed by atoms with Gasteiger partial charge in [-0.1, -0.05) is 25.1 Å². The van der Waals surface area contributed by atoms with E-state index in [1.54, 1.807) is 0 Å². The zero-order chi connectivity index (χ0) is 15.4. The normalized spacial score (nSPS) is 15.6. The molecule has 0 aromatic carbocycles. The summed E-state index contributed by atoms with van der Waals surface area (Å²) in [6, 6.07) is 0. The fraction of sp³-hybridized carbons (Fsp3) is 0.444. The van der Waals surface area contributed by atoms with Gasteiger partial charge in [-0.3, -0.25) is 0 Å². The number of aliphatic hydroxyl groups is 1. The minimum absolute atomic E-state index is 0. The Bertz CT molecular complexity index is 318. The molecule has 1 unspecified atom stereocenters. The van der Waals surface area contributed by atoms with Crippen molar-refractivity contribution in [2.75, 3.05) is 0 Å². The number of allylic oxidation sites excluding steroid dienone is 2. The molecule has 0 amide bonds. The van der Waals surface area contributed by atoms with E-state index in [-0.39, 0.29) is 27.3 Å². The van der Waals surface area contributed by atoms with Crippen molar-refractivity contribution in [1.29, 1.82) is 0 Å². The number of alkyl halides is 6. The molecule has 0 spiro atoms. The summed E-state index contributed by atoms with van der Waals surface area (Å²) in [7, 11) is 0. The van der Waals surface area contributed by atoms with Crippen LogP contribution in [0.2, 0.25) is 0 Å². The molecule has 2 nitrogen and oxygen atoms in total. The van der Waals surface area contributed by atoms with E-state index in [0.717, 1.165) is 0 Å². The SMILES string of the molecule is CC([O-])(/C=C(\O)C(F)(F)F)C(F)(F)F.[CH2]C(=C)Cl.[Pd]. The molecule has 10 heteroatoms. The van der Waals surface area contributed by atoms with E-state index in [9.17, 15) is 31.4 Å². The number of aliphatic hydroxyl groups excluding tert-OH is 1. The maximum Gasteiger partial charge on any atom is 0.448 e. The van der Waals surface area contributed by atoms with Crippen LogP contribution in [0.15, 0.2) is 23.4 Å². The van der Waals surface area contributed by atoms with Crippen LogP contribution in [0.5, 0.6) is 0 Å². The molecule has 0 aromatic rings. The van der Waals surface area contributed by atoms with E-state index in [1.807, 2.05) is 0 Å². The summed E-state index contributed by atoms with van der Waals surface area (Å²) in [5.74, 6) is -2.55. The summed E-state index contributed by atoms with van der Waals surface area (Å²) in [5.41, 5.74) is -3.97. The summed E-state index contributed by atoms with van der Waals surface area (Å²) in [5, 5.41) is 19.0. The monoisotopic (exact) mass is 404 g/mol. The summed E-state index contributed by atoms with van der Waals surface area (Å²) >= 11 is 4.97. The van der Waals surface area contributed by atoms with Gasteiger partial charge in [-0.15, -0.1) is 0 Å². The predicted molar refractivity (Wildman–Crippen MR) is 51.6 cm³/mol. The number of hydrogen-bond acceptors (Lipinski definition) is 2. The van der Waals surface area contributed by atoms with Gasteiger partial charge in [0.1, 0.15) is 0 Å². The molecule has 0 rings (SSSR count). The molecule has 19 heavy (non-hydrogen) atoms. The minimum Gasteiger partial charge on any atom is -0.840 e. The zero-order valence-electron chi connectivity index (χ0n) is 9.31. The first-order valence-corrected chi connectivity index (χ1v) is 4.41. The van der Waals surface area contributed by atoms with Gasteiger partial charge < -0.3 is 10.2 Å². The second-order valence-electron chi connectivity index (χ2n) is 3.15. The Kier molecular flexibility index (Phi) is 10.2. The van der Waals surface area contributed by atoms with Gasteiger partial charge in [-0.05, 0) is 13.0 Å². The quantitative estimate of drug-likeness (QED) is 0.414. The molecule has 0 aliphatic carbocycles. The number of halogens is 7. The van der Waals surface area contributed by atoms with Crippen LogP contribution < -0.4 is 5.11 Å². The maximum atomic E-state index is 11.7. The number of hydrogen-bond donors (Lipinski definition) is 1.